The molecule has 0 aromatic rings. The molecular weight excluding hydrogens is 172 g/mol. The fourth-order valence-corrected chi connectivity index (χ4v) is 1.74. The van der Waals surface area contributed by atoms with Gasteiger partial charge >= 0.3 is 8.80 Å². The van der Waals surface area contributed by atoms with Crippen molar-refractivity contribution in [2.24, 2.45) is 0 Å². The summed E-state index contributed by atoms with van der Waals surface area (Å²) in [7, 11) is -3.54. The van der Waals surface area contributed by atoms with Gasteiger partial charge in [-0.05, 0) is 20.8 Å². The molecule has 2 N–H and O–H groups in total. The van der Waals surface area contributed by atoms with Gasteiger partial charge in [-0.3, -0.25) is 0 Å². The highest BCUT2D eigenvalue weighted by Crippen LogP contribution is 2.35. The number of hydrogen-bond acceptors (Lipinski definition) is 3. The van der Waals surface area contributed by atoms with Crippen molar-refractivity contribution in [2.45, 2.75) is 52.2 Å². The van der Waals surface area contributed by atoms with Crippen molar-refractivity contribution in [3.8, 4) is 0 Å². The normalized spacial score (nSPS) is 15.0. The SMILES string of the molecule is CC(C)(C)O[Si](O)(O)C(C)(C)C. The van der Waals surface area contributed by atoms with Crippen LogP contribution in [-0.2, 0) is 4.43 Å². The second-order valence-corrected chi connectivity index (χ2v) is 7.99. The molecular formula is C8H20O3Si. The molecule has 0 radical (unpaired) electrons. The van der Waals surface area contributed by atoms with Crippen LogP contribution >= 0.6 is 0 Å². The molecule has 0 spiro atoms. The Bertz CT molecular complexity index is 153. The Balaban J connectivity index is 4.44. The minimum absolute atomic E-state index is 0.497. The van der Waals surface area contributed by atoms with Gasteiger partial charge < -0.3 is 14.0 Å². The molecule has 0 heterocycles. The Morgan fingerprint density at radius 3 is 1.33 bits per heavy atom. The van der Waals surface area contributed by atoms with E-state index in [-0.39, 0.29) is 0 Å². The highest BCUT2D eigenvalue weighted by Gasteiger charge is 2.48. The van der Waals surface area contributed by atoms with Gasteiger partial charge in [-0.1, -0.05) is 20.8 Å². The molecule has 3 nitrogen and oxygen atoms in total. The summed E-state index contributed by atoms with van der Waals surface area (Å²) < 4.78 is 5.24. The molecule has 0 amide bonds. The van der Waals surface area contributed by atoms with Gasteiger partial charge in [0.2, 0.25) is 0 Å². The standard InChI is InChI=1S/C8H20O3Si/c1-7(2,3)11-12(9,10)8(4,5)6/h9-10H,1-6H3. The third-order valence-corrected chi connectivity index (χ3v) is 4.28. The maximum Gasteiger partial charge on any atom is 0.501 e. The molecule has 0 saturated carbocycles. The Hall–Kier alpha value is 0.0969. The fourth-order valence-electron chi connectivity index (χ4n) is 0.580. The second kappa shape index (κ2) is 3.10. The largest absolute Gasteiger partial charge is 0.501 e. The van der Waals surface area contributed by atoms with Gasteiger partial charge in [-0.15, -0.1) is 0 Å². The predicted molar refractivity (Wildman–Crippen MR) is 50.7 cm³/mol. The van der Waals surface area contributed by atoms with E-state index in [0.29, 0.717) is 0 Å². The van der Waals surface area contributed by atoms with E-state index in [0.717, 1.165) is 0 Å². The van der Waals surface area contributed by atoms with Crippen LogP contribution in [0.3, 0.4) is 0 Å². The summed E-state index contributed by atoms with van der Waals surface area (Å²) in [6, 6.07) is 0. The van der Waals surface area contributed by atoms with Gasteiger partial charge in [0.15, 0.2) is 0 Å². The zero-order valence-corrected chi connectivity index (χ0v) is 9.80. The van der Waals surface area contributed by atoms with E-state index in [4.69, 9.17) is 4.43 Å². The van der Waals surface area contributed by atoms with Crippen LogP contribution in [0.15, 0.2) is 0 Å². The maximum atomic E-state index is 9.66. The molecule has 0 aromatic carbocycles. The van der Waals surface area contributed by atoms with Crippen LogP contribution < -0.4 is 0 Å². The third-order valence-electron chi connectivity index (χ3n) is 1.43. The molecule has 0 aromatic heterocycles. The van der Waals surface area contributed by atoms with Crippen molar-refractivity contribution in [1.29, 1.82) is 0 Å². The van der Waals surface area contributed by atoms with Gasteiger partial charge in [-0.2, -0.15) is 0 Å². The Kier molecular flexibility index (Phi) is 3.13. The quantitative estimate of drug-likeness (QED) is 0.619. The van der Waals surface area contributed by atoms with Crippen LogP contribution in [0.5, 0.6) is 0 Å². The first-order chi connectivity index (χ1) is 4.96. The lowest BCUT2D eigenvalue weighted by Gasteiger charge is -2.35. The Labute approximate surface area is 75.7 Å². The van der Waals surface area contributed by atoms with Crippen molar-refractivity contribution in [2.75, 3.05) is 0 Å². The zero-order chi connectivity index (χ0) is 10.2. The van der Waals surface area contributed by atoms with Crippen molar-refractivity contribution in [3.05, 3.63) is 0 Å². The summed E-state index contributed by atoms with van der Waals surface area (Å²) in [5, 5.41) is -0.569. The Morgan fingerprint density at radius 2 is 1.25 bits per heavy atom. The first-order valence-electron chi connectivity index (χ1n) is 4.11. The molecule has 0 unspecified atom stereocenters. The lowest BCUT2D eigenvalue weighted by atomic mass is 10.2. The van der Waals surface area contributed by atoms with E-state index >= 15 is 0 Å². The van der Waals surface area contributed by atoms with E-state index in [1.54, 1.807) is 20.8 Å². The first-order valence-corrected chi connectivity index (χ1v) is 5.91. The maximum absolute atomic E-state index is 9.66. The minimum Gasteiger partial charge on any atom is -0.389 e. The summed E-state index contributed by atoms with van der Waals surface area (Å²) >= 11 is 0. The van der Waals surface area contributed by atoms with E-state index in [2.05, 4.69) is 0 Å². The second-order valence-electron chi connectivity index (χ2n) is 5.07. The molecule has 4 heteroatoms. The molecule has 0 aliphatic rings. The Morgan fingerprint density at radius 1 is 0.917 bits per heavy atom. The average molecular weight is 192 g/mol. The third kappa shape index (κ3) is 3.67. The molecule has 0 fully saturated rings. The van der Waals surface area contributed by atoms with Gasteiger partial charge in [0, 0.05) is 5.04 Å². The van der Waals surface area contributed by atoms with Gasteiger partial charge in [0.1, 0.15) is 0 Å². The van der Waals surface area contributed by atoms with Crippen molar-refractivity contribution in [3.63, 3.8) is 0 Å². The van der Waals surface area contributed by atoms with E-state index in [9.17, 15) is 9.59 Å². The van der Waals surface area contributed by atoms with Gasteiger partial charge in [-0.25, -0.2) is 0 Å². The molecule has 0 bridgehead atoms. The van der Waals surface area contributed by atoms with Crippen molar-refractivity contribution in [1.82, 2.24) is 0 Å². The summed E-state index contributed by atoms with van der Waals surface area (Å²) in [6.07, 6.45) is 0. The predicted octanol–water partition coefficient (Wildman–Crippen LogP) is 1.53. The summed E-state index contributed by atoms with van der Waals surface area (Å²) in [5.74, 6) is 0. The average Bonchev–Trinajstić information content (AvgIpc) is 1.52. The molecule has 0 saturated heterocycles. The lowest BCUT2D eigenvalue weighted by molar-refractivity contribution is 0.0259. The summed E-state index contributed by atoms with van der Waals surface area (Å²) in [5.41, 5.74) is -0.497. The molecule has 0 aliphatic heterocycles. The molecule has 0 aliphatic carbocycles. The molecule has 12 heavy (non-hydrogen) atoms. The first kappa shape index (κ1) is 12.1. The number of rotatable bonds is 1. The molecule has 0 atom stereocenters. The fraction of sp³-hybridized carbons (Fsp3) is 1.00. The van der Waals surface area contributed by atoms with Crippen LogP contribution in [0, 0.1) is 0 Å². The lowest BCUT2D eigenvalue weighted by Crippen LogP contribution is -2.52. The highest BCUT2D eigenvalue weighted by atomic mass is 28.4. The monoisotopic (exact) mass is 192 g/mol. The minimum atomic E-state index is -3.54. The van der Waals surface area contributed by atoms with Crippen LogP contribution in [0.1, 0.15) is 41.5 Å². The molecule has 74 valence electrons. The topological polar surface area (TPSA) is 49.7 Å². The van der Waals surface area contributed by atoms with Crippen molar-refractivity contribution < 1.29 is 14.0 Å². The zero-order valence-electron chi connectivity index (χ0n) is 8.80. The summed E-state index contributed by atoms with van der Waals surface area (Å²) in [6.45, 7) is 10.7. The summed E-state index contributed by atoms with van der Waals surface area (Å²) in [4.78, 5) is 19.3. The smallest absolute Gasteiger partial charge is 0.389 e. The molecule has 0 rings (SSSR count). The van der Waals surface area contributed by atoms with Crippen LogP contribution in [-0.4, -0.2) is 24.0 Å². The highest BCUT2D eigenvalue weighted by molar-refractivity contribution is 6.61. The van der Waals surface area contributed by atoms with Gasteiger partial charge in [0.25, 0.3) is 0 Å². The van der Waals surface area contributed by atoms with E-state index in [1.165, 1.54) is 0 Å². The number of hydrogen-bond donors (Lipinski definition) is 2. The van der Waals surface area contributed by atoms with E-state index in [1.807, 2.05) is 20.8 Å². The van der Waals surface area contributed by atoms with E-state index < -0.39 is 19.4 Å². The van der Waals surface area contributed by atoms with Crippen LogP contribution in [0.2, 0.25) is 5.04 Å². The van der Waals surface area contributed by atoms with Crippen molar-refractivity contribution >= 4 is 8.80 Å². The van der Waals surface area contributed by atoms with Crippen LogP contribution in [0.4, 0.5) is 0 Å². The van der Waals surface area contributed by atoms with Gasteiger partial charge in [0.05, 0.1) is 5.60 Å². The van der Waals surface area contributed by atoms with Crippen LogP contribution in [0.25, 0.3) is 0 Å².